The van der Waals surface area contributed by atoms with Crippen LogP contribution < -0.4 is 10.6 Å². The third-order valence-electron chi connectivity index (χ3n) is 2.27. The molecule has 1 amide bonds. The van der Waals surface area contributed by atoms with E-state index in [1.165, 1.54) is 0 Å². The Morgan fingerprint density at radius 1 is 1.60 bits per heavy atom. The molecule has 1 aromatic heterocycles. The lowest BCUT2D eigenvalue weighted by atomic mass is 10.0. The Balaban J connectivity index is 2.20. The number of nitrogens with one attached hydrogen (secondary N) is 2. The van der Waals surface area contributed by atoms with Gasteiger partial charge in [0.15, 0.2) is 5.96 Å². The number of carbonyl (C=O) groups is 1. The molecule has 1 aromatic rings. The number of guanidine groups is 1. The summed E-state index contributed by atoms with van der Waals surface area (Å²) in [5.41, 5.74) is 0.994. The molecule has 2 N–H and O–H groups in total. The van der Waals surface area contributed by atoms with Gasteiger partial charge in [-0.3, -0.25) is 20.1 Å². The summed E-state index contributed by atoms with van der Waals surface area (Å²) in [5, 5.41) is 5.77. The van der Waals surface area contributed by atoms with Crippen LogP contribution in [0.1, 0.15) is 18.0 Å². The summed E-state index contributed by atoms with van der Waals surface area (Å²) in [5.74, 6) is 0.489. The molecule has 1 aliphatic heterocycles. The Hall–Kier alpha value is -1.91. The number of aliphatic imine (C=N–C) groups is 1. The monoisotopic (exact) mass is 204 g/mol. The Morgan fingerprint density at radius 3 is 3.13 bits per heavy atom. The number of hydrogen-bond donors (Lipinski definition) is 2. The molecule has 0 aromatic carbocycles. The highest BCUT2D eigenvalue weighted by atomic mass is 16.2. The van der Waals surface area contributed by atoms with Crippen molar-refractivity contribution in [2.24, 2.45) is 4.99 Å². The fourth-order valence-electron chi connectivity index (χ4n) is 1.52. The third-order valence-corrected chi connectivity index (χ3v) is 2.27. The van der Waals surface area contributed by atoms with E-state index >= 15 is 0 Å². The second-order valence-corrected chi connectivity index (χ2v) is 3.31. The average Bonchev–Trinajstić information content (AvgIpc) is 2.29. The van der Waals surface area contributed by atoms with Crippen LogP contribution in [0.15, 0.2) is 29.5 Å². The first-order valence-electron chi connectivity index (χ1n) is 4.72. The zero-order valence-electron chi connectivity index (χ0n) is 8.40. The second-order valence-electron chi connectivity index (χ2n) is 3.31. The van der Waals surface area contributed by atoms with Crippen LogP contribution in [-0.4, -0.2) is 23.9 Å². The van der Waals surface area contributed by atoms with E-state index in [2.05, 4.69) is 20.6 Å². The quantitative estimate of drug-likeness (QED) is 0.687. The Bertz CT molecular complexity index is 388. The summed E-state index contributed by atoms with van der Waals surface area (Å²) in [6, 6.07) is 3.76. The first kappa shape index (κ1) is 9.64. The van der Waals surface area contributed by atoms with Crippen molar-refractivity contribution >= 4 is 11.9 Å². The summed E-state index contributed by atoms with van der Waals surface area (Å²) in [6.07, 6.45) is 3.87. The topological polar surface area (TPSA) is 66.4 Å². The summed E-state index contributed by atoms with van der Waals surface area (Å²) in [6.45, 7) is 0. The minimum Gasteiger partial charge on any atom is -0.349 e. The van der Waals surface area contributed by atoms with Crippen LogP contribution in [0.5, 0.6) is 0 Å². The molecule has 1 aliphatic rings. The van der Waals surface area contributed by atoms with Gasteiger partial charge in [-0.1, -0.05) is 6.07 Å². The average molecular weight is 204 g/mol. The molecule has 0 bridgehead atoms. The minimum atomic E-state index is -0.0360. The second kappa shape index (κ2) is 4.08. The molecule has 0 spiro atoms. The van der Waals surface area contributed by atoms with Crippen LogP contribution in [0.3, 0.4) is 0 Å². The molecule has 0 radical (unpaired) electrons. The van der Waals surface area contributed by atoms with Crippen molar-refractivity contribution in [3.63, 3.8) is 0 Å². The van der Waals surface area contributed by atoms with Crippen LogP contribution in [0, 0.1) is 0 Å². The minimum absolute atomic E-state index is 0.0248. The summed E-state index contributed by atoms with van der Waals surface area (Å²) in [4.78, 5) is 19.3. The molecule has 15 heavy (non-hydrogen) atoms. The van der Waals surface area contributed by atoms with Crippen molar-refractivity contribution in [2.75, 3.05) is 7.05 Å². The zero-order chi connectivity index (χ0) is 10.7. The van der Waals surface area contributed by atoms with Gasteiger partial charge in [0, 0.05) is 19.4 Å². The molecule has 2 heterocycles. The van der Waals surface area contributed by atoms with E-state index in [1.54, 1.807) is 19.4 Å². The van der Waals surface area contributed by atoms with Crippen LogP contribution >= 0.6 is 0 Å². The van der Waals surface area contributed by atoms with Gasteiger partial charge in [-0.25, -0.2) is 0 Å². The predicted octanol–water partition coefficient (Wildman–Crippen LogP) is 0.218. The summed E-state index contributed by atoms with van der Waals surface area (Å²) in [7, 11) is 1.63. The number of nitrogens with zero attached hydrogens (tertiary/aromatic N) is 2. The van der Waals surface area contributed by atoms with Gasteiger partial charge in [-0.2, -0.15) is 0 Å². The number of aromatic nitrogens is 1. The number of rotatable bonds is 1. The number of amides is 1. The lowest BCUT2D eigenvalue weighted by molar-refractivity contribution is -0.120. The molecular formula is C10H12N4O. The van der Waals surface area contributed by atoms with E-state index in [0.29, 0.717) is 12.4 Å². The molecule has 0 aliphatic carbocycles. The molecule has 2 rings (SSSR count). The molecule has 1 fully saturated rings. The highest BCUT2D eigenvalue weighted by molar-refractivity contribution is 5.99. The SMILES string of the molecule is CN=C1NC(=O)CC(c2cccnc2)N1. The molecule has 1 atom stereocenters. The Labute approximate surface area is 87.6 Å². The van der Waals surface area contributed by atoms with E-state index in [1.807, 2.05) is 12.1 Å². The van der Waals surface area contributed by atoms with E-state index in [0.717, 1.165) is 5.56 Å². The van der Waals surface area contributed by atoms with Crippen LogP contribution in [-0.2, 0) is 4.79 Å². The number of carbonyl (C=O) groups excluding carboxylic acids is 1. The fourth-order valence-corrected chi connectivity index (χ4v) is 1.52. The molecule has 78 valence electrons. The lowest BCUT2D eigenvalue weighted by Crippen LogP contribution is -2.49. The maximum atomic E-state index is 11.4. The van der Waals surface area contributed by atoms with Crippen LogP contribution in [0.4, 0.5) is 0 Å². The van der Waals surface area contributed by atoms with E-state index in [4.69, 9.17) is 0 Å². The molecule has 0 saturated carbocycles. The fraction of sp³-hybridized carbons (Fsp3) is 0.300. The van der Waals surface area contributed by atoms with Crippen LogP contribution in [0.25, 0.3) is 0 Å². The molecule has 1 unspecified atom stereocenters. The van der Waals surface area contributed by atoms with Gasteiger partial charge >= 0.3 is 0 Å². The molecule has 1 saturated heterocycles. The normalized spacial score (nSPS) is 23.4. The maximum absolute atomic E-state index is 11.4. The van der Waals surface area contributed by atoms with E-state index in [9.17, 15) is 4.79 Å². The maximum Gasteiger partial charge on any atom is 0.229 e. The van der Waals surface area contributed by atoms with Crippen LogP contribution in [0.2, 0.25) is 0 Å². The van der Waals surface area contributed by atoms with Gasteiger partial charge < -0.3 is 5.32 Å². The summed E-state index contributed by atoms with van der Waals surface area (Å²) < 4.78 is 0. The van der Waals surface area contributed by atoms with Crippen molar-refractivity contribution < 1.29 is 4.79 Å². The van der Waals surface area contributed by atoms with Gasteiger partial charge in [-0.15, -0.1) is 0 Å². The summed E-state index contributed by atoms with van der Waals surface area (Å²) >= 11 is 0. The van der Waals surface area contributed by atoms with Crippen molar-refractivity contribution in [1.82, 2.24) is 15.6 Å². The zero-order valence-corrected chi connectivity index (χ0v) is 8.40. The standard InChI is InChI=1S/C10H12N4O/c1-11-10-13-8(5-9(15)14-10)7-3-2-4-12-6-7/h2-4,6,8H,5H2,1H3,(H2,11,13,14,15). The molecule has 5 nitrogen and oxygen atoms in total. The van der Waals surface area contributed by atoms with Crippen molar-refractivity contribution in [2.45, 2.75) is 12.5 Å². The van der Waals surface area contributed by atoms with Gasteiger partial charge in [0.05, 0.1) is 12.5 Å². The highest BCUT2D eigenvalue weighted by Gasteiger charge is 2.23. The lowest BCUT2D eigenvalue weighted by Gasteiger charge is -2.25. The van der Waals surface area contributed by atoms with Crippen molar-refractivity contribution in [3.05, 3.63) is 30.1 Å². The Morgan fingerprint density at radius 2 is 2.47 bits per heavy atom. The largest absolute Gasteiger partial charge is 0.349 e. The molecule has 5 heteroatoms. The first-order valence-corrected chi connectivity index (χ1v) is 4.72. The third kappa shape index (κ3) is 2.12. The van der Waals surface area contributed by atoms with Gasteiger partial charge in [0.1, 0.15) is 0 Å². The van der Waals surface area contributed by atoms with Crippen molar-refractivity contribution in [3.8, 4) is 0 Å². The van der Waals surface area contributed by atoms with Crippen molar-refractivity contribution in [1.29, 1.82) is 0 Å². The van der Waals surface area contributed by atoms with Gasteiger partial charge in [0.2, 0.25) is 5.91 Å². The van der Waals surface area contributed by atoms with E-state index < -0.39 is 0 Å². The molecular weight excluding hydrogens is 192 g/mol. The van der Waals surface area contributed by atoms with Gasteiger partial charge in [0.25, 0.3) is 0 Å². The number of pyridine rings is 1. The predicted molar refractivity (Wildman–Crippen MR) is 56.2 cm³/mol. The smallest absolute Gasteiger partial charge is 0.229 e. The first-order chi connectivity index (χ1) is 7.29. The van der Waals surface area contributed by atoms with Gasteiger partial charge in [-0.05, 0) is 11.6 Å². The van der Waals surface area contributed by atoms with E-state index in [-0.39, 0.29) is 11.9 Å². The Kier molecular flexibility index (Phi) is 2.62. The highest BCUT2D eigenvalue weighted by Crippen LogP contribution is 2.17. The number of hydrogen-bond acceptors (Lipinski definition) is 3.